The Labute approximate surface area is 140 Å². The van der Waals surface area contributed by atoms with E-state index in [1.807, 2.05) is 30.3 Å². The van der Waals surface area contributed by atoms with Gasteiger partial charge in [0.2, 0.25) is 10.0 Å². The van der Waals surface area contributed by atoms with Gasteiger partial charge in [0.05, 0.1) is 9.92 Å². The largest absolute Gasteiger partial charge is 0.243 e. The highest BCUT2D eigenvalue weighted by atomic mass is 35.5. The van der Waals surface area contributed by atoms with Crippen LogP contribution in [-0.2, 0) is 16.4 Å². The van der Waals surface area contributed by atoms with E-state index in [1.165, 1.54) is 16.4 Å². The van der Waals surface area contributed by atoms with Gasteiger partial charge in [-0.2, -0.15) is 4.31 Å². The summed E-state index contributed by atoms with van der Waals surface area (Å²) in [6, 6.07) is 13.3. The zero-order chi connectivity index (χ0) is 16.4. The molecule has 1 aliphatic rings. The number of benzene rings is 2. The van der Waals surface area contributed by atoms with Crippen LogP contribution in [0.3, 0.4) is 0 Å². The zero-order valence-electron chi connectivity index (χ0n) is 12.5. The maximum atomic E-state index is 13.3. The third-order valence-electron chi connectivity index (χ3n) is 4.13. The van der Waals surface area contributed by atoms with Crippen molar-refractivity contribution in [2.75, 3.05) is 6.54 Å². The van der Waals surface area contributed by atoms with E-state index < -0.39 is 15.8 Å². The molecule has 2 aromatic carbocycles. The summed E-state index contributed by atoms with van der Waals surface area (Å²) in [5, 5.41) is -0.176. The van der Waals surface area contributed by atoms with E-state index in [1.54, 1.807) is 0 Å². The smallest absolute Gasteiger partial charge is 0.207 e. The number of hydrogen-bond donors (Lipinski definition) is 0. The Hall–Kier alpha value is -1.43. The molecule has 0 N–H and O–H groups in total. The lowest BCUT2D eigenvalue weighted by molar-refractivity contribution is 0.385. The average Bonchev–Trinajstić information content (AvgIpc) is 3.00. The normalized spacial score (nSPS) is 19.1. The SMILES string of the molecule is O=S(=O)(c1ccc(F)c(Cl)c1)N1CCCC1Cc1ccccc1. The van der Waals surface area contributed by atoms with Crippen molar-refractivity contribution in [3.63, 3.8) is 0 Å². The first kappa shape index (κ1) is 16.4. The van der Waals surface area contributed by atoms with Gasteiger partial charge in [0, 0.05) is 12.6 Å². The average molecular weight is 354 g/mol. The molecule has 0 amide bonds. The van der Waals surface area contributed by atoms with Crippen molar-refractivity contribution in [3.05, 3.63) is 64.9 Å². The first-order valence-electron chi connectivity index (χ1n) is 7.49. The molecule has 6 heteroatoms. The van der Waals surface area contributed by atoms with Gasteiger partial charge in [0.25, 0.3) is 0 Å². The van der Waals surface area contributed by atoms with Crippen LogP contribution in [0, 0.1) is 5.82 Å². The maximum absolute atomic E-state index is 13.3. The molecule has 1 heterocycles. The summed E-state index contributed by atoms with van der Waals surface area (Å²) >= 11 is 5.73. The van der Waals surface area contributed by atoms with Crippen LogP contribution >= 0.6 is 11.6 Å². The predicted molar refractivity (Wildman–Crippen MR) is 88.5 cm³/mol. The highest BCUT2D eigenvalue weighted by Gasteiger charge is 2.35. The van der Waals surface area contributed by atoms with Crippen molar-refractivity contribution < 1.29 is 12.8 Å². The van der Waals surface area contributed by atoms with E-state index >= 15 is 0 Å². The van der Waals surface area contributed by atoms with Crippen molar-refractivity contribution in [2.45, 2.75) is 30.2 Å². The topological polar surface area (TPSA) is 37.4 Å². The quantitative estimate of drug-likeness (QED) is 0.836. The minimum absolute atomic E-state index is 0.0452. The minimum Gasteiger partial charge on any atom is -0.207 e. The Balaban J connectivity index is 1.87. The van der Waals surface area contributed by atoms with Crippen LogP contribution in [0.2, 0.25) is 5.02 Å². The monoisotopic (exact) mass is 353 g/mol. The number of rotatable bonds is 4. The van der Waals surface area contributed by atoms with Gasteiger partial charge in [-0.3, -0.25) is 0 Å². The highest BCUT2D eigenvalue weighted by molar-refractivity contribution is 7.89. The van der Waals surface area contributed by atoms with E-state index in [4.69, 9.17) is 11.6 Å². The molecule has 23 heavy (non-hydrogen) atoms. The van der Waals surface area contributed by atoms with Crippen LogP contribution in [0.15, 0.2) is 53.4 Å². The van der Waals surface area contributed by atoms with Crippen molar-refractivity contribution in [1.82, 2.24) is 4.31 Å². The van der Waals surface area contributed by atoms with E-state index in [0.29, 0.717) is 13.0 Å². The first-order chi connectivity index (χ1) is 11.0. The second-order valence-corrected chi connectivity index (χ2v) is 7.98. The summed E-state index contributed by atoms with van der Waals surface area (Å²) in [5.74, 6) is -0.618. The number of halogens is 2. The van der Waals surface area contributed by atoms with Crippen molar-refractivity contribution in [1.29, 1.82) is 0 Å². The van der Waals surface area contributed by atoms with Crippen LogP contribution < -0.4 is 0 Å². The summed E-state index contributed by atoms with van der Waals surface area (Å²) < 4.78 is 40.5. The lowest BCUT2D eigenvalue weighted by atomic mass is 10.1. The van der Waals surface area contributed by atoms with Crippen LogP contribution in [0.4, 0.5) is 4.39 Å². The Bertz CT molecular complexity index is 795. The van der Waals surface area contributed by atoms with E-state index in [9.17, 15) is 12.8 Å². The van der Waals surface area contributed by atoms with E-state index in [-0.39, 0.29) is 16.0 Å². The molecule has 122 valence electrons. The van der Waals surface area contributed by atoms with E-state index in [0.717, 1.165) is 24.5 Å². The van der Waals surface area contributed by atoms with Gasteiger partial charge < -0.3 is 0 Å². The number of hydrogen-bond acceptors (Lipinski definition) is 2. The Morgan fingerprint density at radius 3 is 2.61 bits per heavy atom. The fourth-order valence-corrected chi connectivity index (χ4v) is 4.95. The number of sulfonamides is 1. The fourth-order valence-electron chi connectivity index (χ4n) is 2.99. The van der Waals surface area contributed by atoms with Crippen LogP contribution in [0.25, 0.3) is 0 Å². The molecule has 1 aliphatic heterocycles. The molecule has 2 aromatic rings. The predicted octanol–water partition coefficient (Wildman–Crippen LogP) is 3.87. The van der Waals surface area contributed by atoms with Crippen LogP contribution in [0.1, 0.15) is 18.4 Å². The van der Waals surface area contributed by atoms with Crippen molar-refractivity contribution >= 4 is 21.6 Å². The second kappa shape index (κ2) is 6.59. The standard InChI is InChI=1S/C17H17ClFNO2S/c18-16-12-15(8-9-17(16)19)23(21,22)20-10-4-7-14(20)11-13-5-2-1-3-6-13/h1-3,5-6,8-9,12,14H,4,7,10-11H2. The summed E-state index contributed by atoms with van der Waals surface area (Å²) in [4.78, 5) is 0.0452. The summed E-state index contributed by atoms with van der Waals surface area (Å²) in [6.45, 7) is 0.481. The van der Waals surface area contributed by atoms with E-state index in [2.05, 4.69) is 0 Å². The first-order valence-corrected chi connectivity index (χ1v) is 9.31. The lowest BCUT2D eigenvalue weighted by Crippen LogP contribution is -2.36. The van der Waals surface area contributed by atoms with Crippen molar-refractivity contribution in [3.8, 4) is 0 Å². The molecule has 1 unspecified atom stereocenters. The van der Waals surface area contributed by atoms with Gasteiger partial charge in [0.1, 0.15) is 5.82 Å². The molecular weight excluding hydrogens is 337 g/mol. The molecule has 0 bridgehead atoms. The Morgan fingerprint density at radius 2 is 1.91 bits per heavy atom. The van der Waals surface area contributed by atoms with Gasteiger partial charge in [-0.25, -0.2) is 12.8 Å². The third-order valence-corrected chi connectivity index (χ3v) is 6.37. The number of nitrogens with zero attached hydrogens (tertiary/aromatic N) is 1. The Kier molecular flexibility index (Phi) is 4.71. The molecule has 3 nitrogen and oxygen atoms in total. The van der Waals surface area contributed by atoms with Gasteiger partial charge in [-0.05, 0) is 43.0 Å². The molecule has 0 saturated carbocycles. The molecule has 1 saturated heterocycles. The van der Waals surface area contributed by atoms with Gasteiger partial charge in [-0.15, -0.1) is 0 Å². The summed E-state index contributed by atoms with van der Waals surface area (Å²) in [6.07, 6.45) is 2.32. The molecule has 0 aliphatic carbocycles. The molecule has 1 fully saturated rings. The fraction of sp³-hybridized carbons (Fsp3) is 0.294. The maximum Gasteiger partial charge on any atom is 0.243 e. The molecule has 1 atom stereocenters. The molecular formula is C17H17ClFNO2S. The van der Waals surface area contributed by atoms with Gasteiger partial charge in [-0.1, -0.05) is 41.9 Å². The highest BCUT2D eigenvalue weighted by Crippen LogP contribution is 2.29. The molecule has 0 aromatic heterocycles. The van der Waals surface area contributed by atoms with Crippen molar-refractivity contribution in [2.24, 2.45) is 0 Å². The van der Waals surface area contributed by atoms with Crippen LogP contribution in [0.5, 0.6) is 0 Å². The molecule has 0 spiro atoms. The van der Waals surface area contributed by atoms with Gasteiger partial charge >= 0.3 is 0 Å². The van der Waals surface area contributed by atoms with Gasteiger partial charge in [0.15, 0.2) is 0 Å². The van der Waals surface area contributed by atoms with Crippen LogP contribution in [-0.4, -0.2) is 25.3 Å². The Morgan fingerprint density at radius 1 is 1.17 bits per heavy atom. The lowest BCUT2D eigenvalue weighted by Gasteiger charge is -2.24. The second-order valence-electron chi connectivity index (χ2n) is 5.68. The molecule has 0 radical (unpaired) electrons. The minimum atomic E-state index is -3.67. The summed E-state index contributed by atoms with van der Waals surface area (Å²) in [5.41, 5.74) is 1.11. The molecule has 3 rings (SSSR count). The zero-order valence-corrected chi connectivity index (χ0v) is 14.0. The summed E-state index contributed by atoms with van der Waals surface area (Å²) in [7, 11) is -3.67. The third kappa shape index (κ3) is 3.42.